The Morgan fingerprint density at radius 1 is 1.47 bits per heavy atom. The van der Waals surface area contributed by atoms with Crippen LogP contribution in [-0.4, -0.2) is 22.2 Å². The Kier molecular flexibility index (Phi) is 2.79. The van der Waals surface area contributed by atoms with Crippen molar-refractivity contribution in [1.29, 1.82) is 0 Å². The van der Waals surface area contributed by atoms with Gasteiger partial charge in [0, 0.05) is 23.8 Å². The van der Waals surface area contributed by atoms with E-state index in [1.54, 1.807) is 6.07 Å². The fourth-order valence-corrected chi connectivity index (χ4v) is 3.86. The molecule has 4 heteroatoms. The topological polar surface area (TPSA) is 29.5 Å². The predicted molar refractivity (Wildman–Crippen MR) is 65.9 cm³/mol. The van der Waals surface area contributed by atoms with Gasteiger partial charge in [-0.05, 0) is 30.7 Å². The van der Waals surface area contributed by atoms with Crippen LogP contribution in [0.15, 0.2) is 18.2 Å². The maximum absolute atomic E-state index is 13.2. The zero-order valence-corrected chi connectivity index (χ0v) is 10.3. The number of thioether (sulfide) groups is 1. The summed E-state index contributed by atoms with van der Waals surface area (Å²) in [5.74, 6) is 2.25. The fraction of sp³-hybridized carbons (Fsp3) is 0.538. The van der Waals surface area contributed by atoms with Crippen LogP contribution in [0.4, 0.5) is 4.39 Å². The van der Waals surface area contributed by atoms with E-state index in [9.17, 15) is 9.50 Å². The highest BCUT2D eigenvalue weighted by Crippen LogP contribution is 2.45. The Morgan fingerprint density at radius 3 is 3.12 bits per heavy atom. The zero-order chi connectivity index (χ0) is 11.9. The van der Waals surface area contributed by atoms with Crippen LogP contribution in [0.3, 0.4) is 0 Å². The van der Waals surface area contributed by atoms with Gasteiger partial charge in [0.2, 0.25) is 0 Å². The lowest BCUT2D eigenvalue weighted by Crippen LogP contribution is -2.45. The monoisotopic (exact) mass is 254 g/mol. The lowest BCUT2D eigenvalue weighted by molar-refractivity contribution is -0.00580. The lowest BCUT2D eigenvalue weighted by Gasteiger charge is -2.42. The second-order valence-electron chi connectivity index (χ2n) is 4.84. The first-order chi connectivity index (χ1) is 8.19. The van der Waals surface area contributed by atoms with Crippen molar-refractivity contribution in [1.82, 2.24) is 0 Å². The predicted octanol–water partition coefficient (Wildman–Crippen LogP) is 2.91. The van der Waals surface area contributed by atoms with Gasteiger partial charge in [0.1, 0.15) is 17.2 Å². The SMILES string of the molecule is O[C@@H]1CC2(CCCSC2)Oc2cc(F)ccc21. The first kappa shape index (κ1) is 11.4. The largest absolute Gasteiger partial charge is 0.486 e. The molecule has 0 aromatic heterocycles. The van der Waals surface area contributed by atoms with E-state index in [-0.39, 0.29) is 11.4 Å². The van der Waals surface area contributed by atoms with Gasteiger partial charge in [0.05, 0.1) is 6.10 Å². The Hall–Kier alpha value is -0.740. The molecule has 17 heavy (non-hydrogen) atoms. The molecule has 2 nitrogen and oxygen atoms in total. The van der Waals surface area contributed by atoms with E-state index in [4.69, 9.17) is 4.74 Å². The molecule has 2 aliphatic rings. The molecule has 92 valence electrons. The molecule has 0 aliphatic carbocycles. The molecule has 1 N–H and O–H groups in total. The van der Waals surface area contributed by atoms with E-state index in [2.05, 4.69) is 0 Å². The van der Waals surface area contributed by atoms with Crippen LogP contribution in [-0.2, 0) is 0 Å². The van der Waals surface area contributed by atoms with E-state index >= 15 is 0 Å². The number of hydrogen-bond acceptors (Lipinski definition) is 3. The number of rotatable bonds is 0. The molecular formula is C13H15FO2S. The summed E-state index contributed by atoms with van der Waals surface area (Å²) in [6.07, 6.45) is 2.14. The summed E-state index contributed by atoms with van der Waals surface area (Å²) in [6, 6.07) is 4.38. The third kappa shape index (κ3) is 2.04. The molecule has 0 bridgehead atoms. The number of halogens is 1. The van der Waals surface area contributed by atoms with Crippen molar-refractivity contribution in [2.45, 2.75) is 31.0 Å². The molecule has 0 amide bonds. The van der Waals surface area contributed by atoms with Crippen LogP contribution in [0.2, 0.25) is 0 Å². The average molecular weight is 254 g/mol. The number of hydrogen-bond donors (Lipinski definition) is 1. The minimum atomic E-state index is -0.530. The standard InChI is InChI=1S/C13H15FO2S/c14-9-2-3-10-11(15)7-13(16-12(10)6-9)4-1-5-17-8-13/h2-3,6,11,15H,1,4-5,7-8H2/t11-,13?/m1/s1. The molecule has 1 aromatic rings. The van der Waals surface area contributed by atoms with Gasteiger partial charge in [-0.2, -0.15) is 11.8 Å². The van der Waals surface area contributed by atoms with Crippen LogP contribution in [0.5, 0.6) is 5.75 Å². The van der Waals surface area contributed by atoms with Gasteiger partial charge >= 0.3 is 0 Å². The molecular weight excluding hydrogens is 239 g/mol. The van der Waals surface area contributed by atoms with Gasteiger partial charge in [-0.1, -0.05) is 0 Å². The summed E-state index contributed by atoms with van der Waals surface area (Å²) in [4.78, 5) is 0. The van der Waals surface area contributed by atoms with Crippen molar-refractivity contribution in [3.63, 3.8) is 0 Å². The summed E-state index contributed by atoms with van der Waals surface area (Å²) >= 11 is 1.85. The summed E-state index contributed by atoms with van der Waals surface area (Å²) in [6.45, 7) is 0. The van der Waals surface area contributed by atoms with E-state index in [1.165, 1.54) is 12.1 Å². The Morgan fingerprint density at radius 2 is 2.35 bits per heavy atom. The highest BCUT2D eigenvalue weighted by molar-refractivity contribution is 7.99. The highest BCUT2D eigenvalue weighted by atomic mass is 32.2. The molecule has 2 heterocycles. The van der Waals surface area contributed by atoms with Crippen LogP contribution in [0.25, 0.3) is 0 Å². The maximum Gasteiger partial charge on any atom is 0.128 e. The Labute approximate surface area is 104 Å². The van der Waals surface area contributed by atoms with Crippen molar-refractivity contribution in [3.8, 4) is 5.75 Å². The lowest BCUT2D eigenvalue weighted by atomic mass is 9.86. The van der Waals surface area contributed by atoms with E-state index < -0.39 is 6.10 Å². The van der Waals surface area contributed by atoms with Gasteiger partial charge < -0.3 is 9.84 Å². The molecule has 0 radical (unpaired) electrons. The third-order valence-electron chi connectivity index (χ3n) is 3.51. The Bertz CT molecular complexity index is 429. The summed E-state index contributed by atoms with van der Waals surface area (Å²) in [5, 5.41) is 10.2. The minimum absolute atomic E-state index is 0.289. The average Bonchev–Trinajstić information content (AvgIpc) is 2.29. The first-order valence-electron chi connectivity index (χ1n) is 5.93. The van der Waals surface area contributed by atoms with Crippen molar-refractivity contribution in [3.05, 3.63) is 29.6 Å². The van der Waals surface area contributed by atoms with Crippen molar-refractivity contribution in [2.75, 3.05) is 11.5 Å². The Balaban J connectivity index is 1.95. The molecule has 0 saturated carbocycles. The molecule has 2 atom stereocenters. The quantitative estimate of drug-likeness (QED) is 0.772. The van der Waals surface area contributed by atoms with Gasteiger partial charge in [0.25, 0.3) is 0 Å². The third-order valence-corrected chi connectivity index (χ3v) is 4.82. The molecule has 1 aromatic carbocycles. The van der Waals surface area contributed by atoms with Crippen LogP contribution < -0.4 is 4.74 Å². The number of aliphatic hydroxyl groups excluding tert-OH is 1. The summed E-state index contributed by atoms with van der Waals surface area (Å²) in [5.41, 5.74) is 0.427. The molecule has 2 aliphatic heterocycles. The number of ether oxygens (including phenoxy) is 1. The summed E-state index contributed by atoms with van der Waals surface area (Å²) in [7, 11) is 0. The van der Waals surface area contributed by atoms with Crippen molar-refractivity contribution < 1.29 is 14.2 Å². The van der Waals surface area contributed by atoms with E-state index in [1.807, 2.05) is 11.8 Å². The summed E-state index contributed by atoms with van der Waals surface area (Å²) < 4.78 is 19.2. The van der Waals surface area contributed by atoms with Gasteiger partial charge in [-0.15, -0.1) is 0 Å². The first-order valence-corrected chi connectivity index (χ1v) is 7.08. The zero-order valence-electron chi connectivity index (χ0n) is 9.49. The van der Waals surface area contributed by atoms with Gasteiger partial charge in [-0.3, -0.25) is 0 Å². The second-order valence-corrected chi connectivity index (χ2v) is 5.95. The highest BCUT2D eigenvalue weighted by Gasteiger charge is 2.41. The van der Waals surface area contributed by atoms with Crippen molar-refractivity contribution >= 4 is 11.8 Å². The van der Waals surface area contributed by atoms with Crippen LogP contribution >= 0.6 is 11.8 Å². The maximum atomic E-state index is 13.2. The smallest absolute Gasteiger partial charge is 0.128 e. The number of aliphatic hydroxyl groups is 1. The van der Waals surface area contributed by atoms with Crippen LogP contribution in [0, 0.1) is 5.82 Å². The van der Waals surface area contributed by atoms with Crippen LogP contribution in [0.1, 0.15) is 30.9 Å². The number of benzene rings is 1. The molecule has 1 spiro atoms. The fourth-order valence-electron chi connectivity index (χ4n) is 2.68. The van der Waals surface area contributed by atoms with Gasteiger partial charge in [-0.25, -0.2) is 4.39 Å². The second kappa shape index (κ2) is 4.18. The molecule has 1 fully saturated rings. The number of fused-ring (bicyclic) bond motifs is 1. The van der Waals surface area contributed by atoms with Crippen molar-refractivity contribution in [2.24, 2.45) is 0 Å². The molecule has 1 unspecified atom stereocenters. The van der Waals surface area contributed by atoms with E-state index in [0.717, 1.165) is 24.3 Å². The van der Waals surface area contributed by atoms with Gasteiger partial charge in [0.15, 0.2) is 0 Å². The molecule has 1 saturated heterocycles. The van der Waals surface area contributed by atoms with E-state index in [0.29, 0.717) is 17.7 Å². The molecule has 3 rings (SSSR count). The minimum Gasteiger partial charge on any atom is -0.486 e. The normalized spacial score (nSPS) is 32.0.